The number of nitrogens with zero attached hydrogens (tertiary/aromatic N) is 3. The van der Waals surface area contributed by atoms with Crippen molar-refractivity contribution in [2.24, 2.45) is 0 Å². The zero-order valence-electron chi connectivity index (χ0n) is 14.4. The number of Topliss-reactive ketones (excluding diaryl/α,β-unsaturated/α-hetero) is 1. The SMILES string of the molecule is COc1nc(N(Oc2ccccc2)Oc2ccccc2)nc2c1C(=O)CO2. The van der Waals surface area contributed by atoms with Gasteiger partial charge in [-0.1, -0.05) is 36.4 Å². The van der Waals surface area contributed by atoms with E-state index >= 15 is 0 Å². The first-order valence-corrected chi connectivity index (χ1v) is 8.13. The Labute approximate surface area is 154 Å². The Hall–Kier alpha value is -3.81. The molecular weight excluding hydrogens is 350 g/mol. The third-order valence-electron chi connectivity index (χ3n) is 3.67. The molecule has 0 fully saturated rings. The molecule has 136 valence electrons. The first-order chi connectivity index (χ1) is 13.2. The van der Waals surface area contributed by atoms with Crippen LogP contribution in [0, 0.1) is 0 Å². The minimum atomic E-state index is -0.243. The fraction of sp³-hybridized carbons (Fsp3) is 0.105. The minimum absolute atomic E-state index is 0.0213. The second kappa shape index (κ2) is 7.20. The fourth-order valence-electron chi connectivity index (χ4n) is 2.44. The third-order valence-corrected chi connectivity index (χ3v) is 3.67. The Morgan fingerprint density at radius 1 is 0.926 bits per heavy atom. The molecular formula is C19H15N3O5. The van der Waals surface area contributed by atoms with Crippen molar-refractivity contribution < 1.29 is 23.9 Å². The molecule has 4 rings (SSSR count). The highest BCUT2D eigenvalue weighted by molar-refractivity contribution is 6.03. The molecule has 0 aliphatic carbocycles. The van der Waals surface area contributed by atoms with Crippen LogP contribution in [0.2, 0.25) is 0 Å². The van der Waals surface area contributed by atoms with Crippen LogP contribution in [0.25, 0.3) is 0 Å². The number of ketones is 1. The van der Waals surface area contributed by atoms with Crippen molar-refractivity contribution in [2.45, 2.75) is 0 Å². The summed E-state index contributed by atoms with van der Waals surface area (Å²) in [5.74, 6) is 1.01. The van der Waals surface area contributed by atoms with Crippen LogP contribution < -0.4 is 24.4 Å². The molecule has 0 N–H and O–H groups in total. The highest BCUT2D eigenvalue weighted by Gasteiger charge is 2.31. The smallest absolute Gasteiger partial charge is 0.308 e. The van der Waals surface area contributed by atoms with Crippen molar-refractivity contribution >= 4 is 11.7 Å². The van der Waals surface area contributed by atoms with Gasteiger partial charge in [-0.25, -0.2) is 0 Å². The standard InChI is InChI=1S/C19H15N3O5/c1-24-17-16-15(23)12-25-18(16)21-19(20-17)22(26-13-8-4-2-5-9-13)27-14-10-6-3-7-11-14/h2-11H,12H2,1H3. The van der Waals surface area contributed by atoms with Crippen LogP contribution in [0.1, 0.15) is 10.4 Å². The molecule has 0 radical (unpaired) electrons. The minimum Gasteiger partial charge on any atom is -0.480 e. The number of hydrogen-bond donors (Lipinski definition) is 0. The van der Waals surface area contributed by atoms with Crippen LogP contribution in [-0.2, 0) is 0 Å². The Morgan fingerprint density at radius 2 is 1.52 bits per heavy atom. The summed E-state index contributed by atoms with van der Waals surface area (Å²) < 4.78 is 10.6. The molecule has 3 aromatic rings. The van der Waals surface area contributed by atoms with E-state index in [1.54, 1.807) is 24.3 Å². The lowest BCUT2D eigenvalue weighted by Gasteiger charge is -2.21. The van der Waals surface area contributed by atoms with Crippen LogP contribution in [0.4, 0.5) is 5.95 Å². The predicted molar refractivity (Wildman–Crippen MR) is 95.0 cm³/mol. The maximum atomic E-state index is 11.9. The quantitative estimate of drug-likeness (QED) is 0.617. The molecule has 0 amide bonds. The predicted octanol–water partition coefficient (Wildman–Crippen LogP) is 2.85. The summed E-state index contributed by atoms with van der Waals surface area (Å²) in [5.41, 5.74) is 0.209. The summed E-state index contributed by atoms with van der Waals surface area (Å²) in [6.07, 6.45) is 0. The van der Waals surface area contributed by atoms with Gasteiger partial charge in [0.25, 0.3) is 0 Å². The summed E-state index contributed by atoms with van der Waals surface area (Å²) in [6, 6.07) is 18.0. The Kier molecular flexibility index (Phi) is 4.44. The number of carbonyl (C=O) groups is 1. The van der Waals surface area contributed by atoms with Gasteiger partial charge in [0.05, 0.1) is 7.11 Å². The summed E-state index contributed by atoms with van der Waals surface area (Å²) in [5, 5.41) is 1.04. The zero-order chi connectivity index (χ0) is 18.6. The lowest BCUT2D eigenvalue weighted by Crippen LogP contribution is -2.33. The molecule has 0 spiro atoms. The summed E-state index contributed by atoms with van der Waals surface area (Å²) in [6.45, 7) is -0.108. The van der Waals surface area contributed by atoms with Gasteiger partial charge >= 0.3 is 5.95 Å². The van der Waals surface area contributed by atoms with Crippen molar-refractivity contribution in [1.29, 1.82) is 0 Å². The lowest BCUT2D eigenvalue weighted by molar-refractivity contribution is 0.0671. The van der Waals surface area contributed by atoms with Crippen molar-refractivity contribution in [3.05, 3.63) is 66.2 Å². The number of fused-ring (bicyclic) bond motifs is 1. The number of methoxy groups -OCH3 is 1. The summed E-state index contributed by atoms with van der Waals surface area (Å²) in [4.78, 5) is 32.0. The fourth-order valence-corrected chi connectivity index (χ4v) is 2.44. The Balaban J connectivity index is 1.73. The second-order valence-electron chi connectivity index (χ2n) is 5.49. The molecule has 2 aromatic carbocycles. The number of benzene rings is 2. The number of aromatic nitrogens is 2. The highest BCUT2D eigenvalue weighted by Crippen LogP contribution is 2.33. The third kappa shape index (κ3) is 3.45. The van der Waals surface area contributed by atoms with E-state index in [1.165, 1.54) is 7.11 Å². The van der Waals surface area contributed by atoms with Gasteiger partial charge < -0.3 is 19.1 Å². The molecule has 2 heterocycles. The van der Waals surface area contributed by atoms with E-state index < -0.39 is 0 Å². The average Bonchev–Trinajstić information content (AvgIpc) is 3.09. The maximum Gasteiger partial charge on any atom is 0.308 e. The Bertz CT molecular complexity index is 909. The first kappa shape index (κ1) is 16.6. The molecule has 1 aromatic heterocycles. The number of carbonyl (C=O) groups excluding carboxylic acids is 1. The maximum absolute atomic E-state index is 11.9. The van der Waals surface area contributed by atoms with Gasteiger partial charge in [-0.3, -0.25) is 4.79 Å². The van der Waals surface area contributed by atoms with Crippen LogP contribution in [0.5, 0.6) is 23.3 Å². The average molecular weight is 365 g/mol. The molecule has 8 nitrogen and oxygen atoms in total. The first-order valence-electron chi connectivity index (χ1n) is 8.13. The largest absolute Gasteiger partial charge is 0.480 e. The van der Waals surface area contributed by atoms with Crippen molar-refractivity contribution in [1.82, 2.24) is 9.97 Å². The van der Waals surface area contributed by atoms with E-state index in [0.717, 1.165) is 5.23 Å². The Morgan fingerprint density at radius 3 is 2.07 bits per heavy atom. The van der Waals surface area contributed by atoms with Gasteiger partial charge in [0.15, 0.2) is 18.1 Å². The van der Waals surface area contributed by atoms with Gasteiger partial charge in [-0.15, -0.1) is 0 Å². The van der Waals surface area contributed by atoms with Crippen LogP contribution in [0.15, 0.2) is 60.7 Å². The topological polar surface area (TPSA) is 83.0 Å². The van der Waals surface area contributed by atoms with Gasteiger partial charge in [0.1, 0.15) is 5.56 Å². The van der Waals surface area contributed by atoms with E-state index in [1.807, 2.05) is 36.4 Å². The van der Waals surface area contributed by atoms with Crippen molar-refractivity contribution in [3.63, 3.8) is 0 Å². The van der Waals surface area contributed by atoms with Gasteiger partial charge in [0.2, 0.25) is 17.5 Å². The van der Waals surface area contributed by atoms with Gasteiger partial charge in [0, 0.05) is 5.23 Å². The summed E-state index contributed by atoms with van der Waals surface area (Å²) in [7, 11) is 1.42. The number of rotatable bonds is 6. The van der Waals surface area contributed by atoms with Crippen molar-refractivity contribution in [2.75, 3.05) is 18.9 Å². The number of hydrogen-bond acceptors (Lipinski definition) is 8. The molecule has 27 heavy (non-hydrogen) atoms. The summed E-state index contributed by atoms with van der Waals surface area (Å²) >= 11 is 0. The van der Waals surface area contributed by atoms with Gasteiger partial charge in [-0.05, 0) is 24.3 Å². The van der Waals surface area contributed by atoms with Crippen molar-refractivity contribution in [3.8, 4) is 23.3 Å². The second-order valence-corrected chi connectivity index (χ2v) is 5.49. The molecule has 8 heteroatoms. The van der Waals surface area contributed by atoms with E-state index in [4.69, 9.17) is 19.1 Å². The van der Waals surface area contributed by atoms with E-state index in [2.05, 4.69) is 9.97 Å². The van der Waals surface area contributed by atoms with E-state index in [9.17, 15) is 4.79 Å². The molecule has 0 unspecified atom stereocenters. The van der Waals surface area contributed by atoms with Gasteiger partial charge in [-0.2, -0.15) is 9.97 Å². The van der Waals surface area contributed by atoms with Crippen LogP contribution >= 0.6 is 0 Å². The number of ether oxygens (including phenoxy) is 2. The molecule has 0 saturated carbocycles. The van der Waals surface area contributed by atoms with E-state index in [-0.39, 0.29) is 35.7 Å². The molecule has 1 aliphatic heterocycles. The molecule has 0 atom stereocenters. The molecule has 0 saturated heterocycles. The molecule has 1 aliphatic rings. The zero-order valence-corrected chi connectivity index (χ0v) is 14.4. The van der Waals surface area contributed by atoms with Crippen LogP contribution in [-0.4, -0.2) is 29.5 Å². The lowest BCUT2D eigenvalue weighted by atomic mass is 10.2. The normalized spacial score (nSPS) is 12.1. The number of anilines is 1. The highest BCUT2D eigenvalue weighted by atomic mass is 17.0. The van der Waals surface area contributed by atoms with E-state index in [0.29, 0.717) is 11.5 Å². The van der Waals surface area contributed by atoms with Crippen LogP contribution in [0.3, 0.4) is 0 Å². The number of para-hydroxylation sites is 2. The molecule has 0 bridgehead atoms. The monoisotopic (exact) mass is 365 g/mol.